The topological polar surface area (TPSA) is 50.2 Å². The minimum Gasteiger partial charge on any atom is -0.473 e. The number of pyridine rings is 1. The first-order valence-electron chi connectivity index (χ1n) is 10.7. The highest BCUT2D eigenvalue weighted by Gasteiger charge is 2.32. The Bertz CT molecular complexity index is 1120. The Morgan fingerprint density at radius 1 is 1.12 bits per heavy atom. The van der Waals surface area contributed by atoms with E-state index in [-0.39, 0.29) is 18.6 Å². The number of nitrogens with zero attached hydrogens (tertiary/aromatic N) is 4. The highest BCUT2D eigenvalue weighted by Crippen LogP contribution is 2.28. The second-order valence-electron chi connectivity index (χ2n) is 7.97. The number of rotatable bonds is 5. The Hall–Kier alpha value is -3.40. The lowest BCUT2D eigenvalue weighted by Gasteiger charge is -2.37. The molecular formula is C24H24F4N4O2. The fourth-order valence-electron chi connectivity index (χ4n) is 3.68. The minimum atomic E-state index is -4.55. The van der Waals surface area contributed by atoms with Crippen molar-refractivity contribution in [3.8, 4) is 0 Å². The molecular weight excluding hydrogens is 452 g/mol. The van der Waals surface area contributed by atoms with E-state index in [1.165, 1.54) is 12.1 Å². The monoisotopic (exact) mass is 476 g/mol. The first-order valence-corrected chi connectivity index (χ1v) is 10.7. The van der Waals surface area contributed by atoms with Crippen LogP contribution in [0.25, 0.3) is 0 Å². The lowest BCUT2D eigenvalue weighted by Crippen LogP contribution is -2.42. The second-order valence-corrected chi connectivity index (χ2v) is 7.97. The third kappa shape index (κ3) is 5.56. The number of hydrogen-bond donors (Lipinski definition) is 0. The molecule has 2 aliphatic heterocycles. The van der Waals surface area contributed by atoms with E-state index in [4.69, 9.17) is 9.47 Å². The van der Waals surface area contributed by atoms with Crippen molar-refractivity contribution in [1.29, 1.82) is 0 Å². The van der Waals surface area contributed by atoms with Gasteiger partial charge in [0.2, 0.25) is 5.90 Å². The maximum absolute atomic E-state index is 14.7. The van der Waals surface area contributed by atoms with Crippen LogP contribution in [0.4, 0.5) is 17.6 Å². The molecule has 0 saturated carbocycles. The normalized spacial score (nSPS) is 16.9. The number of aliphatic imine (C=N–C) groups is 1. The minimum absolute atomic E-state index is 0.0169. The molecule has 1 fully saturated rings. The average Bonchev–Trinajstić information content (AvgIpc) is 2.81. The maximum atomic E-state index is 14.7. The van der Waals surface area contributed by atoms with E-state index in [1.807, 2.05) is 18.0 Å². The zero-order valence-electron chi connectivity index (χ0n) is 18.6. The SMILES string of the molecule is C=C1N=C(OCc2ccc(Cc3ccnc(C(F)(F)F)c3)c(F)c2)C=C(N2CCOCC2)N1C. The van der Waals surface area contributed by atoms with E-state index in [2.05, 4.69) is 21.5 Å². The van der Waals surface area contributed by atoms with Crippen molar-refractivity contribution >= 4 is 5.90 Å². The summed E-state index contributed by atoms with van der Waals surface area (Å²) in [6.07, 6.45) is -1.64. The molecule has 0 atom stereocenters. The van der Waals surface area contributed by atoms with Crippen LogP contribution in [0.3, 0.4) is 0 Å². The zero-order chi connectivity index (χ0) is 24.3. The van der Waals surface area contributed by atoms with Crippen LogP contribution in [0.15, 0.2) is 65.8 Å². The number of hydrogen-bond acceptors (Lipinski definition) is 6. The van der Waals surface area contributed by atoms with E-state index in [9.17, 15) is 17.6 Å². The van der Waals surface area contributed by atoms with Gasteiger partial charge in [-0.2, -0.15) is 18.2 Å². The molecule has 0 bridgehead atoms. The Morgan fingerprint density at radius 2 is 1.88 bits per heavy atom. The molecule has 0 amide bonds. The standard InChI is InChI=1S/C24H24F4N4O2/c1-16-30-22(14-23(31(16)2)32-7-9-33-10-8-32)34-15-18-3-4-19(20(25)12-18)11-17-5-6-29-21(13-17)24(26,27)28/h3-6,12-14H,1,7-11,15H2,2H3. The van der Waals surface area contributed by atoms with Crippen LogP contribution in [0.5, 0.6) is 0 Å². The molecule has 10 heteroatoms. The number of morpholine rings is 1. The van der Waals surface area contributed by atoms with Gasteiger partial charge in [-0.05, 0) is 34.9 Å². The van der Waals surface area contributed by atoms with Crippen molar-refractivity contribution in [2.45, 2.75) is 19.2 Å². The predicted molar refractivity (Wildman–Crippen MR) is 118 cm³/mol. The van der Waals surface area contributed by atoms with Crippen LogP contribution >= 0.6 is 0 Å². The Kier molecular flexibility index (Phi) is 6.87. The summed E-state index contributed by atoms with van der Waals surface area (Å²) in [7, 11) is 1.87. The van der Waals surface area contributed by atoms with Gasteiger partial charge in [0.05, 0.1) is 13.2 Å². The summed E-state index contributed by atoms with van der Waals surface area (Å²) in [6.45, 7) is 6.78. The van der Waals surface area contributed by atoms with Gasteiger partial charge in [0.15, 0.2) is 0 Å². The summed E-state index contributed by atoms with van der Waals surface area (Å²) < 4.78 is 64.5. The molecule has 0 radical (unpaired) electrons. The van der Waals surface area contributed by atoms with Crippen LogP contribution in [0.2, 0.25) is 0 Å². The van der Waals surface area contributed by atoms with Crippen molar-refractivity contribution in [3.05, 3.63) is 89.0 Å². The maximum Gasteiger partial charge on any atom is 0.433 e. The average molecular weight is 476 g/mol. The van der Waals surface area contributed by atoms with Crippen molar-refractivity contribution in [2.75, 3.05) is 33.4 Å². The highest BCUT2D eigenvalue weighted by atomic mass is 19.4. The van der Waals surface area contributed by atoms with Gasteiger partial charge in [-0.15, -0.1) is 0 Å². The number of benzene rings is 1. The third-order valence-electron chi connectivity index (χ3n) is 5.57. The molecule has 34 heavy (non-hydrogen) atoms. The van der Waals surface area contributed by atoms with Crippen LogP contribution in [0.1, 0.15) is 22.4 Å². The van der Waals surface area contributed by atoms with Crippen molar-refractivity contribution in [3.63, 3.8) is 0 Å². The summed E-state index contributed by atoms with van der Waals surface area (Å²) in [5, 5.41) is 0. The van der Waals surface area contributed by atoms with Crippen LogP contribution in [0, 0.1) is 5.82 Å². The lowest BCUT2D eigenvalue weighted by atomic mass is 10.0. The van der Waals surface area contributed by atoms with Gasteiger partial charge < -0.3 is 19.3 Å². The zero-order valence-corrected chi connectivity index (χ0v) is 18.6. The van der Waals surface area contributed by atoms with E-state index >= 15 is 0 Å². The highest BCUT2D eigenvalue weighted by molar-refractivity contribution is 5.90. The van der Waals surface area contributed by atoms with Gasteiger partial charge in [0.25, 0.3) is 0 Å². The van der Waals surface area contributed by atoms with Gasteiger partial charge in [0, 0.05) is 38.8 Å². The van der Waals surface area contributed by atoms with Crippen molar-refractivity contribution in [2.24, 2.45) is 4.99 Å². The summed E-state index contributed by atoms with van der Waals surface area (Å²) in [6, 6.07) is 6.92. The molecule has 1 aromatic heterocycles. The molecule has 0 aliphatic carbocycles. The summed E-state index contributed by atoms with van der Waals surface area (Å²) >= 11 is 0. The largest absolute Gasteiger partial charge is 0.473 e. The van der Waals surface area contributed by atoms with E-state index in [1.54, 1.807) is 12.1 Å². The number of alkyl halides is 3. The third-order valence-corrected chi connectivity index (χ3v) is 5.57. The molecule has 3 heterocycles. The molecule has 0 unspecified atom stereocenters. The molecule has 1 saturated heterocycles. The molecule has 6 nitrogen and oxygen atoms in total. The summed E-state index contributed by atoms with van der Waals surface area (Å²) in [5.74, 6) is 1.27. The van der Waals surface area contributed by atoms with Crippen molar-refractivity contribution in [1.82, 2.24) is 14.8 Å². The van der Waals surface area contributed by atoms with Gasteiger partial charge in [0.1, 0.15) is 29.8 Å². The Labute approximate surface area is 194 Å². The summed E-state index contributed by atoms with van der Waals surface area (Å²) in [5.41, 5.74) is 0.175. The summed E-state index contributed by atoms with van der Waals surface area (Å²) in [4.78, 5) is 11.7. The molecule has 180 valence electrons. The van der Waals surface area contributed by atoms with Crippen molar-refractivity contribution < 1.29 is 27.0 Å². The van der Waals surface area contributed by atoms with Crippen LogP contribution in [-0.2, 0) is 28.7 Å². The number of halogens is 4. The molecule has 0 N–H and O–H groups in total. The fraction of sp³-hybridized carbons (Fsp3) is 0.333. The molecule has 2 aliphatic rings. The quantitative estimate of drug-likeness (QED) is 0.602. The Balaban J connectivity index is 1.42. The molecule has 0 spiro atoms. The van der Waals surface area contributed by atoms with Crippen LogP contribution in [-0.4, -0.2) is 54.0 Å². The fourth-order valence-corrected chi connectivity index (χ4v) is 3.68. The molecule has 2 aromatic rings. The predicted octanol–water partition coefficient (Wildman–Crippen LogP) is 4.34. The molecule has 1 aromatic carbocycles. The number of ether oxygens (including phenoxy) is 2. The lowest BCUT2D eigenvalue weighted by molar-refractivity contribution is -0.141. The van der Waals surface area contributed by atoms with E-state index in [0.717, 1.165) is 31.2 Å². The first-order chi connectivity index (χ1) is 16.2. The number of aromatic nitrogens is 1. The van der Waals surface area contributed by atoms with Gasteiger partial charge in [-0.1, -0.05) is 18.7 Å². The van der Waals surface area contributed by atoms with E-state index < -0.39 is 17.7 Å². The smallest absolute Gasteiger partial charge is 0.433 e. The van der Waals surface area contributed by atoms with Gasteiger partial charge in [-0.3, -0.25) is 4.98 Å². The second kappa shape index (κ2) is 9.84. The van der Waals surface area contributed by atoms with E-state index in [0.29, 0.717) is 36.1 Å². The van der Waals surface area contributed by atoms with Gasteiger partial charge >= 0.3 is 6.18 Å². The molecule has 4 rings (SSSR count). The Morgan fingerprint density at radius 3 is 2.59 bits per heavy atom. The first kappa shape index (κ1) is 23.7. The van der Waals surface area contributed by atoms with Gasteiger partial charge in [-0.25, -0.2) is 4.39 Å². The van der Waals surface area contributed by atoms with Crippen LogP contribution < -0.4 is 0 Å².